The number of nitrogens with zero attached hydrogens (tertiary/aromatic N) is 2. The van der Waals surface area contributed by atoms with Crippen LogP contribution >= 0.6 is 0 Å². The number of rotatable bonds is 5. The predicted octanol–water partition coefficient (Wildman–Crippen LogP) is 2.82. The van der Waals surface area contributed by atoms with E-state index in [-0.39, 0.29) is 24.3 Å². The maximum absolute atomic E-state index is 12.9. The molecule has 2 fully saturated rings. The molecular formula is C22H25N3O3. The van der Waals surface area contributed by atoms with Crippen LogP contribution in [0.2, 0.25) is 0 Å². The molecule has 0 unspecified atom stereocenters. The number of hydrogen-bond acceptors (Lipinski definition) is 5. The molecule has 2 atom stereocenters. The van der Waals surface area contributed by atoms with E-state index in [2.05, 4.69) is 10.2 Å². The number of benzene rings is 2. The molecule has 6 nitrogen and oxygen atoms in total. The highest BCUT2D eigenvalue weighted by molar-refractivity contribution is 6.07. The van der Waals surface area contributed by atoms with E-state index in [1.807, 2.05) is 61.5 Å². The summed E-state index contributed by atoms with van der Waals surface area (Å²) in [5.41, 5.74) is 2.94. The van der Waals surface area contributed by atoms with Crippen molar-refractivity contribution in [3.8, 4) is 0 Å². The second kappa shape index (κ2) is 8.02. The SMILES string of the molecule is C[C@H](c1ccccc1)N1C(=O)C[C@@H](Nc2ccc(N3CCOCC3)cc2)C1=O. The summed E-state index contributed by atoms with van der Waals surface area (Å²) in [6.45, 7) is 5.15. The molecule has 0 radical (unpaired) electrons. The summed E-state index contributed by atoms with van der Waals surface area (Å²) < 4.78 is 5.39. The van der Waals surface area contributed by atoms with Gasteiger partial charge >= 0.3 is 0 Å². The van der Waals surface area contributed by atoms with Gasteiger partial charge in [-0.05, 0) is 36.8 Å². The van der Waals surface area contributed by atoms with Crippen molar-refractivity contribution in [2.75, 3.05) is 36.5 Å². The Balaban J connectivity index is 1.42. The molecule has 2 aliphatic rings. The summed E-state index contributed by atoms with van der Waals surface area (Å²) in [5.74, 6) is -0.303. The molecule has 146 valence electrons. The minimum Gasteiger partial charge on any atom is -0.378 e. The first-order chi connectivity index (χ1) is 13.6. The molecule has 6 heteroatoms. The lowest BCUT2D eigenvalue weighted by Gasteiger charge is -2.29. The lowest BCUT2D eigenvalue weighted by molar-refractivity contribution is -0.141. The molecule has 0 aliphatic carbocycles. The van der Waals surface area contributed by atoms with E-state index in [0.29, 0.717) is 0 Å². The Hall–Kier alpha value is -2.86. The van der Waals surface area contributed by atoms with Crippen molar-refractivity contribution in [1.29, 1.82) is 0 Å². The molecule has 2 saturated heterocycles. The highest BCUT2D eigenvalue weighted by atomic mass is 16.5. The Morgan fingerprint density at radius 1 is 1.00 bits per heavy atom. The molecule has 4 rings (SSSR count). The van der Waals surface area contributed by atoms with Gasteiger partial charge in [0.05, 0.1) is 25.7 Å². The van der Waals surface area contributed by atoms with Gasteiger partial charge in [0, 0.05) is 24.5 Å². The Morgan fingerprint density at radius 2 is 1.68 bits per heavy atom. The number of nitrogens with one attached hydrogen (secondary N) is 1. The van der Waals surface area contributed by atoms with Gasteiger partial charge in [-0.2, -0.15) is 0 Å². The van der Waals surface area contributed by atoms with Gasteiger partial charge < -0.3 is 15.0 Å². The molecule has 2 amide bonds. The van der Waals surface area contributed by atoms with Crippen LogP contribution in [0.3, 0.4) is 0 Å². The number of hydrogen-bond donors (Lipinski definition) is 1. The highest BCUT2D eigenvalue weighted by Gasteiger charge is 2.41. The Kier molecular flexibility index (Phi) is 5.30. The van der Waals surface area contributed by atoms with Gasteiger partial charge in [-0.3, -0.25) is 14.5 Å². The molecule has 2 heterocycles. The topological polar surface area (TPSA) is 61.9 Å². The Bertz CT molecular complexity index is 832. The Labute approximate surface area is 165 Å². The van der Waals surface area contributed by atoms with Crippen molar-refractivity contribution < 1.29 is 14.3 Å². The first kappa shape index (κ1) is 18.5. The molecule has 1 N–H and O–H groups in total. The van der Waals surface area contributed by atoms with Gasteiger partial charge in [-0.15, -0.1) is 0 Å². The first-order valence-corrected chi connectivity index (χ1v) is 9.73. The fourth-order valence-corrected chi connectivity index (χ4v) is 3.84. The van der Waals surface area contributed by atoms with Gasteiger partial charge in [0.2, 0.25) is 5.91 Å². The second-order valence-electron chi connectivity index (χ2n) is 7.24. The third kappa shape index (κ3) is 3.73. The fourth-order valence-electron chi connectivity index (χ4n) is 3.84. The van der Waals surface area contributed by atoms with E-state index >= 15 is 0 Å². The highest BCUT2D eigenvalue weighted by Crippen LogP contribution is 2.28. The zero-order chi connectivity index (χ0) is 19.5. The minimum atomic E-state index is -0.520. The lowest BCUT2D eigenvalue weighted by Crippen LogP contribution is -2.37. The maximum atomic E-state index is 12.9. The number of ether oxygens (including phenoxy) is 1. The molecular weight excluding hydrogens is 354 g/mol. The zero-order valence-electron chi connectivity index (χ0n) is 16.0. The molecule has 0 bridgehead atoms. The van der Waals surface area contributed by atoms with Crippen molar-refractivity contribution in [2.45, 2.75) is 25.4 Å². The smallest absolute Gasteiger partial charge is 0.252 e. The lowest BCUT2D eigenvalue weighted by atomic mass is 10.1. The van der Waals surface area contributed by atoms with Crippen LogP contribution in [0, 0.1) is 0 Å². The summed E-state index contributed by atoms with van der Waals surface area (Å²) in [6, 6.07) is 16.9. The number of imide groups is 1. The van der Waals surface area contributed by atoms with E-state index in [0.717, 1.165) is 43.2 Å². The minimum absolute atomic E-state index is 0.135. The summed E-state index contributed by atoms with van der Waals surface area (Å²) in [4.78, 5) is 29.0. The number of morpholine rings is 1. The van der Waals surface area contributed by atoms with Gasteiger partial charge in [-0.25, -0.2) is 0 Å². The van der Waals surface area contributed by atoms with Crippen molar-refractivity contribution in [1.82, 2.24) is 4.90 Å². The van der Waals surface area contributed by atoms with Crippen molar-refractivity contribution in [3.05, 3.63) is 60.2 Å². The van der Waals surface area contributed by atoms with Crippen LogP contribution in [0.5, 0.6) is 0 Å². The molecule has 2 aromatic rings. The largest absolute Gasteiger partial charge is 0.378 e. The summed E-state index contributed by atoms with van der Waals surface area (Å²) in [7, 11) is 0. The van der Waals surface area contributed by atoms with Crippen molar-refractivity contribution in [2.24, 2.45) is 0 Å². The van der Waals surface area contributed by atoms with Gasteiger partial charge in [0.1, 0.15) is 6.04 Å². The number of anilines is 2. The molecule has 0 spiro atoms. The van der Waals surface area contributed by atoms with E-state index in [4.69, 9.17) is 4.74 Å². The number of likely N-dealkylation sites (tertiary alicyclic amines) is 1. The predicted molar refractivity (Wildman–Crippen MR) is 108 cm³/mol. The zero-order valence-corrected chi connectivity index (χ0v) is 16.0. The summed E-state index contributed by atoms with van der Waals surface area (Å²) in [5, 5.41) is 3.23. The maximum Gasteiger partial charge on any atom is 0.252 e. The van der Waals surface area contributed by atoms with E-state index in [9.17, 15) is 9.59 Å². The summed E-state index contributed by atoms with van der Waals surface area (Å²) in [6.07, 6.45) is 0.182. The Morgan fingerprint density at radius 3 is 2.36 bits per heavy atom. The van der Waals surface area contributed by atoms with E-state index < -0.39 is 6.04 Å². The van der Waals surface area contributed by atoms with E-state index in [1.165, 1.54) is 4.90 Å². The van der Waals surface area contributed by atoms with Gasteiger partial charge in [-0.1, -0.05) is 30.3 Å². The average molecular weight is 379 g/mol. The van der Waals surface area contributed by atoms with Crippen molar-refractivity contribution >= 4 is 23.2 Å². The number of amides is 2. The standard InChI is InChI=1S/C22H25N3O3/c1-16(17-5-3-2-4-6-17)25-21(26)15-20(22(25)27)23-18-7-9-19(10-8-18)24-11-13-28-14-12-24/h2-10,16,20,23H,11-15H2,1H3/t16-,20-/m1/s1. The van der Waals surface area contributed by atoms with Crippen molar-refractivity contribution in [3.63, 3.8) is 0 Å². The van der Waals surface area contributed by atoms with E-state index in [1.54, 1.807) is 0 Å². The van der Waals surface area contributed by atoms with Crippen LogP contribution in [-0.2, 0) is 14.3 Å². The van der Waals surface area contributed by atoms with Crippen LogP contribution < -0.4 is 10.2 Å². The van der Waals surface area contributed by atoms with Crippen LogP contribution in [0.15, 0.2) is 54.6 Å². The molecule has 0 saturated carbocycles. The average Bonchev–Trinajstić information content (AvgIpc) is 3.02. The van der Waals surface area contributed by atoms with Gasteiger partial charge in [0.25, 0.3) is 5.91 Å². The van der Waals surface area contributed by atoms with Crippen LogP contribution in [0.4, 0.5) is 11.4 Å². The molecule has 0 aromatic heterocycles. The van der Waals surface area contributed by atoms with Gasteiger partial charge in [0.15, 0.2) is 0 Å². The van der Waals surface area contributed by atoms with Crippen LogP contribution in [-0.4, -0.2) is 49.1 Å². The fraction of sp³-hybridized carbons (Fsp3) is 0.364. The molecule has 28 heavy (non-hydrogen) atoms. The molecule has 2 aromatic carbocycles. The monoisotopic (exact) mass is 379 g/mol. The molecule has 2 aliphatic heterocycles. The normalized spacial score (nSPS) is 21.1. The first-order valence-electron chi connectivity index (χ1n) is 9.73. The number of carbonyl (C=O) groups is 2. The summed E-state index contributed by atoms with van der Waals surface area (Å²) >= 11 is 0. The van der Waals surface area contributed by atoms with Crippen LogP contribution in [0.25, 0.3) is 0 Å². The third-order valence-corrected chi connectivity index (χ3v) is 5.44. The van der Waals surface area contributed by atoms with Crippen LogP contribution in [0.1, 0.15) is 24.9 Å². The quantitative estimate of drug-likeness (QED) is 0.810. The number of carbonyl (C=O) groups excluding carboxylic acids is 2. The second-order valence-corrected chi connectivity index (χ2v) is 7.24. The third-order valence-electron chi connectivity index (χ3n) is 5.44.